The number of rotatable bonds is 2. The van der Waals surface area contributed by atoms with Gasteiger partial charge in [0.05, 0.1) is 0 Å². The second-order valence-electron chi connectivity index (χ2n) is 3.08. The van der Waals surface area contributed by atoms with Gasteiger partial charge in [0.15, 0.2) is 0 Å². The van der Waals surface area contributed by atoms with Crippen LogP contribution in [0.2, 0.25) is 0 Å². The molecule has 0 saturated carbocycles. The van der Waals surface area contributed by atoms with E-state index in [-0.39, 0.29) is 6.54 Å². The molecule has 2 N–H and O–H groups in total. The minimum absolute atomic E-state index is 0.0788. The largest absolute Gasteiger partial charge is 0.492 e. The van der Waals surface area contributed by atoms with E-state index in [1.807, 2.05) is 0 Å². The highest BCUT2D eigenvalue weighted by molar-refractivity contribution is 5.80. The first-order valence-corrected chi connectivity index (χ1v) is 4.17. The van der Waals surface area contributed by atoms with Crippen molar-refractivity contribution in [2.75, 3.05) is 6.54 Å². The fraction of sp³-hybridized carbons (Fsp3) is 0.714. The zero-order chi connectivity index (χ0) is 11.6. The van der Waals surface area contributed by atoms with E-state index in [1.165, 1.54) is 0 Å². The van der Waals surface area contributed by atoms with Crippen LogP contribution in [0.4, 0.5) is 13.2 Å². The number of primary amides is 1. The van der Waals surface area contributed by atoms with Crippen LogP contribution in [-0.2, 0) is 14.4 Å². The van der Waals surface area contributed by atoms with Gasteiger partial charge in [-0.05, 0) is 12.8 Å². The fourth-order valence-electron chi connectivity index (χ4n) is 1.29. The lowest BCUT2D eigenvalue weighted by molar-refractivity contribution is -0.240. The minimum Gasteiger partial charge on any atom is -0.368 e. The van der Waals surface area contributed by atoms with Gasteiger partial charge in [0.2, 0.25) is 5.91 Å². The van der Waals surface area contributed by atoms with Crippen LogP contribution < -0.4 is 5.73 Å². The van der Waals surface area contributed by atoms with Gasteiger partial charge in [0.25, 0.3) is 0 Å². The molecule has 1 aliphatic heterocycles. The Morgan fingerprint density at radius 3 is 2.47 bits per heavy atom. The average Bonchev–Trinajstić information content (AvgIpc) is 2.50. The Bertz CT molecular complexity index is 279. The second-order valence-corrected chi connectivity index (χ2v) is 3.08. The van der Waals surface area contributed by atoms with Gasteiger partial charge in [0.1, 0.15) is 6.04 Å². The van der Waals surface area contributed by atoms with E-state index >= 15 is 0 Å². The maximum absolute atomic E-state index is 11.8. The predicted octanol–water partition coefficient (Wildman–Crippen LogP) is -0.0434. The van der Waals surface area contributed by atoms with Crippen molar-refractivity contribution in [3.63, 3.8) is 0 Å². The van der Waals surface area contributed by atoms with Crippen molar-refractivity contribution in [1.29, 1.82) is 0 Å². The van der Waals surface area contributed by atoms with E-state index in [9.17, 15) is 22.8 Å². The van der Waals surface area contributed by atoms with Crippen molar-refractivity contribution in [3.8, 4) is 0 Å². The summed E-state index contributed by atoms with van der Waals surface area (Å²) < 4.78 is 35.4. The first kappa shape index (κ1) is 11.8. The molecule has 0 radical (unpaired) electrons. The molecule has 0 aromatic rings. The number of hydroxylamine groups is 2. The first-order valence-electron chi connectivity index (χ1n) is 4.17. The summed E-state index contributed by atoms with van der Waals surface area (Å²) >= 11 is 0. The summed E-state index contributed by atoms with van der Waals surface area (Å²) in [5, 5.41) is 0.679. The Morgan fingerprint density at radius 2 is 2.00 bits per heavy atom. The van der Waals surface area contributed by atoms with E-state index < -0.39 is 24.1 Å². The molecule has 0 spiro atoms. The number of carbonyl (C=O) groups excluding carboxylic acids is 2. The maximum Gasteiger partial charge on any atom is 0.492 e. The molecule has 0 aromatic carbocycles. The lowest BCUT2D eigenvalue weighted by atomic mass is 10.2. The lowest BCUT2D eigenvalue weighted by Gasteiger charge is -2.20. The summed E-state index contributed by atoms with van der Waals surface area (Å²) in [6, 6.07) is -0.962. The van der Waals surface area contributed by atoms with Crippen LogP contribution >= 0.6 is 0 Å². The molecular weight excluding hydrogens is 217 g/mol. The number of hydrogen-bond donors (Lipinski definition) is 1. The van der Waals surface area contributed by atoms with E-state index in [0.717, 1.165) is 0 Å². The van der Waals surface area contributed by atoms with Gasteiger partial charge in [-0.3, -0.25) is 4.79 Å². The van der Waals surface area contributed by atoms with E-state index in [0.29, 0.717) is 17.9 Å². The third-order valence-electron chi connectivity index (χ3n) is 1.96. The Kier molecular flexibility index (Phi) is 3.18. The third-order valence-corrected chi connectivity index (χ3v) is 1.96. The molecule has 0 bridgehead atoms. The first-order chi connectivity index (χ1) is 6.82. The summed E-state index contributed by atoms with van der Waals surface area (Å²) in [5.41, 5.74) is 4.92. The van der Waals surface area contributed by atoms with Crippen LogP contribution in [0.3, 0.4) is 0 Å². The molecule has 1 rings (SSSR count). The summed E-state index contributed by atoms with van der Waals surface area (Å²) in [6.45, 7) is 0.0788. The molecule has 1 saturated heterocycles. The molecule has 15 heavy (non-hydrogen) atoms. The van der Waals surface area contributed by atoms with Crippen LogP contribution in [0.25, 0.3) is 0 Å². The molecule has 8 heteroatoms. The molecule has 1 heterocycles. The SMILES string of the molecule is NC(=O)[C@@H]1CCCN1OC(=O)C(F)(F)F. The monoisotopic (exact) mass is 226 g/mol. The summed E-state index contributed by atoms with van der Waals surface area (Å²) in [6.07, 6.45) is -4.32. The topological polar surface area (TPSA) is 72.6 Å². The van der Waals surface area contributed by atoms with Crippen LogP contribution in [0.15, 0.2) is 0 Å². The quantitative estimate of drug-likeness (QED) is 0.716. The van der Waals surface area contributed by atoms with Gasteiger partial charge in [-0.2, -0.15) is 13.2 Å². The van der Waals surface area contributed by atoms with Gasteiger partial charge in [0, 0.05) is 6.54 Å². The number of amides is 1. The molecule has 1 fully saturated rings. The normalized spacial score (nSPS) is 22.7. The Hall–Kier alpha value is -1.31. The zero-order valence-corrected chi connectivity index (χ0v) is 7.58. The van der Waals surface area contributed by atoms with Crippen molar-refractivity contribution in [1.82, 2.24) is 5.06 Å². The van der Waals surface area contributed by atoms with Gasteiger partial charge < -0.3 is 10.6 Å². The van der Waals surface area contributed by atoms with Gasteiger partial charge in [-0.15, -0.1) is 5.06 Å². The molecule has 1 atom stereocenters. The van der Waals surface area contributed by atoms with Crippen molar-refractivity contribution >= 4 is 11.9 Å². The van der Waals surface area contributed by atoms with Crippen molar-refractivity contribution in [2.24, 2.45) is 5.73 Å². The van der Waals surface area contributed by atoms with Crippen LogP contribution in [0.5, 0.6) is 0 Å². The molecule has 0 aliphatic carbocycles. The standard InChI is InChI=1S/C7H9F3N2O3/c8-7(9,10)6(14)15-12-3-1-2-4(12)5(11)13/h4H,1-3H2,(H2,11,13)/t4-/m0/s1. The summed E-state index contributed by atoms with van der Waals surface area (Å²) in [4.78, 5) is 25.2. The number of halogens is 3. The van der Waals surface area contributed by atoms with E-state index in [4.69, 9.17) is 5.73 Å². The fourth-order valence-corrected chi connectivity index (χ4v) is 1.29. The summed E-state index contributed by atoms with van der Waals surface area (Å²) in [7, 11) is 0. The number of alkyl halides is 3. The number of carbonyl (C=O) groups is 2. The summed E-state index contributed by atoms with van der Waals surface area (Å²) in [5.74, 6) is -3.14. The average molecular weight is 226 g/mol. The molecule has 1 aliphatic rings. The van der Waals surface area contributed by atoms with Crippen molar-refractivity contribution in [2.45, 2.75) is 25.1 Å². The number of hydrogen-bond acceptors (Lipinski definition) is 4. The van der Waals surface area contributed by atoms with Gasteiger partial charge >= 0.3 is 12.1 Å². The Balaban J connectivity index is 2.58. The highest BCUT2D eigenvalue weighted by atomic mass is 19.4. The Labute approximate surface area is 82.9 Å². The highest BCUT2D eigenvalue weighted by Crippen LogP contribution is 2.22. The maximum atomic E-state index is 11.8. The Morgan fingerprint density at radius 1 is 1.40 bits per heavy atom. The molecule has 0 aromatic heterocycles. The van der Waals surface area contributed by atoms with E-state index in [1.54, 1.807) is 0 Å². The number of nitrogens with zero attached hydrogens (tertiary/aromatic N) is 1. The van der Waals surface area contributed by atoms with Crippen LogP contribution in [0, 0.1) is 0 Å². The molecule has 1 amide bonds. The predicted molar refractivity (Wildman–Crippen MR) is 41.1 cm³/mol. The van der Waals surface area contributed by atoms with Gasteiger partial charge in [-0.25, -0.2) is 4.79 Å². The third kappa shape index (κ3) is 2.82. The van der Waals surface area contributed by atoms with Gasteiger partial charge in [-0.1, -0.05) is 0 Å². The van der Waals surface area contributed by atoms with Crippen molar-refractivity contribution < 1.29 is 27.6 Å². The molecule has 0 unspecified atom stereocenters. The molecule has 5 nitrogen and oxygen atoms in total. The zero-order valence-electron chi connectivity index (χ0n) is 7.58. The lowest BCUT2D eigenvalue weighted by Crippen LogP contribution is -2.43. The van der Waals surface area contributed by atoms with Crippen LogP contribution in [0.1, 0.15) is 12.8 Å². The number of nitrogens with two attached hydrogens (primary N) is 1. The highest BCUT2D eigenvalue weighted by Gasteiger charge is 2.44. The van der Waals surface area contributed by atoms with E-state index in [2.05, 4.69) is 4.84 Å². The second kappa shape index (κ2) is 4.05. The molecular formula is C7H9F3N2O3. The van der Waals surface area contributed by atoms with Crippen molar-refractivity contribution in [3.05, 3.63) is 0 Å². The molecule has 86 valence electrons. The minimum atomic E-state index is -5.06. The smallest absolute Gasteiger partial charge is 0.368 e. The van der Waals surface area contributed by atoms with Crippen LogP contribution in [-0.4, -0.2) is 35.7 Å².